The van der Waals surface area contributed by atoms with Gasteiger partial charge in [0.1, 0.15) is 0 Å². The molecule has 0 saturated carbocycles. The minimum atomic E-state index is -3.66. The molecule has 0 aliphatic heterocycles. The molecule has 0 fully saturated rings. The lowest BCUT2D eigenvalue weighted by molar-refractivity contribution is 0.601. The van der Waals surface area contributed by atoms with Crippen LogP contribution in [0.2, 0.25) is 5.02 Å². The van der Waals surface area contributed by atoms with Crippen LogP contribution in [0.3, 0.4) is 0 Å². The molecule has 0 heterocycles. The Labute approximate surface area is 177 Å². The summed E-state index contributed by atoms with van der Waals surface area (Å²) in [5, 5.41) is 0.465. The zero-order chi connectivity index (χ0) is 15.8. The Morgan fingerprint density at radius 2 is 1.62 bits per heavy atom. The maximum absolute atomic E-state index is 12.5. The Bertz CT molecular complexity index is 791. The second kappa shape index (κ2) is 7.36. The van der Waals surface area contributed by atoms with Crippen LogP contribution in [0.5, 0.6) is 0 Å². The molecule has 9 heteroatoms. The molecule has 0 aliphatic carbocycles. The topological polar surface area (TPSA) is 46.2 Å². The van der Waals surface area contributed by atoms with Gasteiger partial charge < -0.3 is 0 Å². The smallest absolute Gasteiger partial charge is 0.262 e. The first-order chi connectivity index (χ1) is 9.70. The molecule has 0 aliphatic rings. The van der Waals surface area contributed by atoms with E-state index in [4.69, 9.17) is 11.6 Å². The van der Waals surface area contributed by atoms with Crippen LogP contribution in [-0.4, -0.2) is 8.42 Å². The summed E-state index contributed by atoms with van der Waals surface area (Å²) in [6.07, 6.45) is 0. The molecule has 2 aromatic carbocycles. The molecule has 21 heavy (non-hydrogen) atoms. The number of benzene rings is 2. The average molecular weight is 724 g/mol. The first-order valence-electron chi connectivity index (χ1n) is 5.33. The molecule has 0 bridgehead atoms. The average Bonchev–Trinajstić information content (AvgIpc) is 2.37. The van der Waals surface area contributed by atoms with Crippen LogP contribution in [-0.2, 0) is 10.0 Å². The van der Waals surface area contributed by atoms with Crippen molar-refractivity contribution in [1.29, 1.82) is 0 Å². The fourth-order valence-electron chi connectivity index (χ4n) is 1.48. The van der Waals surface area contributed by atoms with Gasteiger partial charge in [0, 0.05) is 15.2 Å². The highest BCUT2D eigenvalue weighted by atomic mass is 127. The van der Waals surface area contributed by atoms with E-state index in [9.17, 15) is 8.42 Å². The van der Waals surface area contributed by atoms with E-state index in [1.165, 1.54) is 12.1 Å². The SMILES string of the molecule is O=S(=O)(Nc1c(I)cc(I)cc1I)c1ccc(Cl)c(Br)c1. The molecule has 0 aromatic heterocycles. The van der Waals surface area contributed by atoms with Gasteiger partial charge in [0.2, 0.25) is 0 Å². The largest absolute Gasteiger partial charge is 0.277 e. The summed E-state index contributed by atoms with van der Waals surface area (Å²) < 4.78 is 30.9. The van der Waals surface area contributed by atoms with Crippen molar-refractivity contribution in [2.75, 3.05) is 4.72 Å². The maximum atomic E-state index is 12.5. The van der Waals surface area contributed by atoms with E-state index < -0.39 is 10.0 Å². The van der Waals surface area contributed by atoms with E-state index in [1.54, 1.807) is 6.07 Å². The quantitative estimate of drug-likeness (QED) is 0.413. The van der Waals surface area contributed by atoms with E-state index in [-0.39, 0.29) is 4.90 Å². The Balaban J connectivity index is 2.44. The predicted octanol–water partition coefficient (Wildman–Crippen LogP) is 5.72. The first-order valence-corrected chi connectivity index (χ1v) is 11.2. The molecular formula is C12H6BrClI3NO2S. The highest BCUT2D eigenvalue weighted by Gasteiger charge is 2.18. The molecule has 0 radical (unpaired) electrons. The number of halogens is 5. The molecule has 0 saturated heterocycles. The zero-order valence-corrected chi connectivity index (χ0v) is 19.6. The number of rotatable bonds is 3. The summed E-state index contributed by atoms with van der Waals surface area (Å²) in [4.78, 5) is 0.156. The number of hydrogen-bond acceptors (Lipinski definition) is 2. The van der Waals surface area contributed by atoms with Gasteiger partial charge in [0.05, 0.1) is 15.6 Å². The van der Waals surface area contributed by atoms with Gasteiger partial charge in [-0.1, -0.05) is 11.6 Å². The van der Waals surface area contributed by atoms with Crippen molar-refractivity contribution in [2.45, 2.75) is 4.90 Å². The minimum absolute atomic E-state index is 0.156. The number of nitrogens with one attached hydrogen (secondary N) is 1. The second-order valence-corrected chi connectivity index (χ2v) is 10.4. The van der Waals surface area contributed by atoms with Gasteiger partial charge in [0.25, 0.3) is 10.0 Å². The molecule has 2 rings (SSSR count). The third-order valence-electron chi connectivity index (χ3n) is 2.44. The van der Waals surface area contributed by atoms with Crippen molar-refractivity contribution < 1.29 is 8.42 Å². The molecular weight excluding hydrogens is 718 g/mol. The van der Waals surface area contributed by atoms with Crippen LogP contribution in [0.15, 0.2) is 39.7 Å². The van der Waals surface area contributed by atoms with Crippen molar-refractivity contribution in [3.63, 3.8) is 0 Å². The summed E-state index contributed by atoms with van der Waals surface area (Å²) in [6, 6.07) is 8.33. The van der Waals surface area contributed by atoms with E-state index >= 15 is 0 Å². The van der Waals surface area contributed by atoms with Crippen LogP contribution in [0.1, 0.15) is 0 Å². The Hall–Kier alpha value is 1.15. The molecule has 0 spiro atoms. The Kier molecular flexibility index (Phi) is 6.48. The van der Waals surface area contributed by atoms with Crippen LogP contribution in [0.4, 0.5) is 5.69 Å². The van der Waals surface area contributed by atoms with Crippen molar-refractivity contribution in [1.82, 2.24) is 0 Å². The minimum Gasteiger partial charge on any atom is -0.277 e. The number of anilines is 1. The summed E-state index contributed by atoms with van der Waals surface area (Å²) in [7, 11) is -3.66. The van der Waals surface area contributed by atoms with Crippen molar-refractivity contribution in [2.24, 2.45) is 0 Å². The summed E-state index contributed by atoms with van der Waals surface area (Å²) >= 11 is 15.6. The van der Waals surface area contributed by atoms with Crippen molar-refractivity contribution >= 4 is 111 Å². The Morgan fingerprint density at radius 3 is 2.14 bits per heavy atom. The van der Waals surface area contributed by atoms with Gasteiger partial charge in [-0.15, -0.1) is 0 Å². The van der Waals surface area contributed by atoms with Gasteiger partial charge in [-0.2, -0.15) is 0 Å². The number of sulfonamides is 1. The van der Waals surface area contributed by atoms with Gasteiger partial charge in [-0.25, -0.2) is 8.42 Å². The first kappa shape index (κ1) is 18.5. The zero-order valence-electron chi connectivity index (χ0n) is 10.0. The highest BCUT2D eigenvalue weighted by Crippen LogP contribution is 2.31. The Morgan fingerprint density at radius 1 is 1.05 bits per heavy atom. The summed E-state index contributed by atoms with van der Waals surface area (Å²) in [6.45, 7) is 0. The third-order valence-corrected chi connectivity index (χ3v) is 7.33. The molecule has 1 N–H and O–H groups in total. The summed E-state index contributed by atoms with van der Waals surface area (Å²) in [5.74, 6) is 0. The van der Waals surface area contributed by atoms with Crippen LogP contribution >= 0.6 is 95.3 Å². The molecule has 3 nitrogen and oxygen atoms in total. The molecule has 0 amide bonds. The van der Waals surface area contributed by atoms with E-state index in [2.05, 4.69) is 88.4 Å². The van der Waals surface area contributed by atoms with E-state index in [0.29, 0.717) is 15.2 Å². The van der Waals surface area contributed by atoms with Gasteiger partial charge in [-0.05, 0) is 114 Å². The summed E-state index contributed by atoms with van der Waals surface area (Å²) in [5.41, 5.74) is 0.586. The fourth-order valence-corrected chi connectivity index (χ4v) is 7.47. The standard InChI is InChI=1S/C12H6BrClI3NO2S/c13-8-5-7(1-2-9(8)14)21(19,20)18-12-10(16)3-6(15)4-11(12)17/h1-5,18H. The van der Waals surface area contributed by atoms with Crippen LogP contribution in [0.25, 0.3) is 0 Å². The predicted molar refractivity (Wildman–Crippen MR) is 115 cm³/mol. The van der Waals surface area contributed by atoms with Crippen molar-refractivity contribution in [3.8, 4) is 0 Å². The van der Waals surface area contributed by atoms with Crippen molar-refractivity contribution in [3.05, 3.63) is 50.5 Å². The maximum Gasteiger partial charge on any atom is 0.262 e. The van der Waals surface area contributed by atoms with Crippen LogP contribution in [0, 0.1) is 10.7 Å². The van der Waals surface area contributed by atoms with E-state index in [1.807, 2.05) is 12.1 Å². The lowest BCUT2D eigenvalue weighted by atomic mass is 10.3. The lowest BCUT2D eigenvalue weighted by Crippen LogP contribution is -2.15. The molecule has 2 aromatic rings. The molecule has 0 atom stereocenters. The molecule has 112 valence electrons. The van der Waals surface area contributed by atoms with E-state index in [0.717, 1.165) is 10.7 Å². The lowest BCUT2D eigenvalue weighted by Gasteiger charge is -2.12. The van der Waals surface area contributed by atoms with Crippen LogP contribution < -0.4 is 4.72 Å². The van der Waals surface area contributed by atoms with Gasteiger partial charge >= 0.3 is 0 Å². The normalized spacial score (nSPS) is 11.5. The van der Waals surface area contributed by atoms with Gasteiger partial charge in [0.15, 0.2) is 0 Å². The molecule has 0 unspecified atom stereocenters. The second-order valence-electron chi connectivity index (χ2n) is 3.93. The highest BCUT2D eigenvalue weighted by molar-refractivity contribution is 14.1. The fraction of sp³-hybridized carbons (Fsp3) is 0. The van der Waals surface area contributed by atoms with Gasteiger partial charge in [-0.3, -0.25) is 4.72 Å². The third kappa shape index (κ3) is 4.58. The number of hydrogen-bond donors (Lipinski definition) is 1. The monoisotopic (exact) mass is 723 g/mol.